The van der Waals surface area contributed by atoms with Gasteiger partial charge < -0.3 is 4.90 Å². The zero-order valence-electron chi connectivity index (χ0n) is 19.4. The summed E-state index contributed by atoms with van der Waals surface area (Å²) in [7, 11) is 0. The molecule has 0 radical (unpaired) electrons. The first-order valence-electron chi connectivity index (χ1n) is 11.8. The van der Waals surface area contributed by atoms with Crippen LogP contribution in [-0.2, 0) is 11.6 Å². The lowest BCUT2D eigenvalue weighted by Gasteiger charge is -2.40. The molecule has 5 heteroatoms. The van der Waals surface area contributed by atoms with Crippen LogP contribution in [0.2, 0.25) is 0 Å². The van der Waals surface area contributed by atoms with Crippen molar-refractivity contribution in [2.75, 3.05) is 4.90 Å². The van der Waals surface area contributed by atoms with Gasteiger partial charge in [-0.2, -0.15) is 17.7 Å². The maximum absolute atomic E-state index is 14.1. The van der Waals surface area contributed by atoms with E-state index in [0.717, 1.165) is 29.8 Å². The van der Waals surface area contributed by atoms with E-state index >= 15 is 0 Å². The van der Waals surface area contributed by atoms with E-state index in [9.17, 15) is 13.2 Å². The van der Waals surface area contributed by atoms with Gasteiger partial charge in [-0.05, 0) is 44.4 Å². The Balaban J connectivity index is 1.76. The first-order valence-corrected chi connectivity index (χ1v) is 11.8. The van der Waals surface area contributed by atoms with Crippen LogP contribution in [0.4, 0.5) is 24.5 Å². The van der Waals surface area contributed by atoms with Crippen molar-refractivity contribution in [3.05, 3.63) is 83.2 Å². The highest BCUT2D eigenvalue weighted by Crippen LogP contribution is 2.56. The molecule has 2 aliphatic rings. The van der Waals surface area contributed by atoms with Gasteiger partial charge in [-0.15, -0.1) is 0 Å². The van der Waals surface area contributed by atoms with Crippen molar-refractivity contribution in [2.24, 2.45) is 0 Å². The third-order valence-electron chi connectivity index (χ3n) is 7.90. The smallest absolute Gasteiger partial charge is 0.337 e. The highest BCUT2D eigenvalue weighted by Gasteiger charge is 2.50. The van der Waals surface area contributed by atoms with Gasteiger partial charge in [0.1, 0.15) is 0 Å². The molecule has 1 spiro atoms. The summed E-state index contributed by atoms with van der Waals surface area (Å²) in [4.78, 5) is 2.19. The second-order valence-corrected chi connectivity index (χ2v) is 9.63. The monoisotopic (exact) mass is 451 g/mol. The van der Waals surface area contributed by atoms with Crippen molar-refractivity contribution in [1.29, 1.82) is 0 Å². The van der Waals surface area contributed by atoms with Gasteiger partial charge in [0.2, 0.25) is 5.69 Å². The average Bonchev–Trinajstić information content (AvgIpc) is 3.02. The fourth-order valence-electron chi connectivity index (χ4n) is 6.14. The van der Waals surface area contributed by atoms with Crippen molar-refractivity contribution in [3.63, 3.8) is 0 Å². The normalized spacial score (nSPS) is 19.7. The number of anilines is 2. The van der Waals surface area contributed by atoms with Crippen LogP contribution in [0.1, 0.15) is 61.4 Å². The molecule has 1 aromatic heterocycles. The Labute approximate surface area is 193 Å². The van der Waals surface area contributed by atoms with E-state index in [0.29, 0.717) is 11.4 Å². The van der Waals surface area contributed by atoms with Crippen molar-refractivity contribution >= 4 is 11.4 Å². The van der Waals surface area contributed by atoms with Crippen molar-refractivity contribution < 1.29 is 17.7 Å². The third-order valence-corrected chi connectivity index (χ3v) is 7.90. The molecule has 2 nitrogen and oxygen atoms in total. The summed E-state index contributed by atoms with van der Waals surface area (Å²) in [5, 5.41) is 0. The number of aryl methyl sites for hydroxylation is 1. The number of hydrogen-bond acceptors (Lipinski definition) is 1. The summed E-state index contributed by atoms with van der Waals surface area (Å²) >= 11 is 0. The second kappa shape index (κ2) is 7.89. The van der Waals surface area contributed by atoms with Gasteiger partial charge in [-0.1, -0.05) is 43.5 Å². The van der Waals surface area contributed by atoms with Gasteiger partial charge in [-0.3, -0.25) is 0 Å². The minimum atomic E-state index is -4.43. The molecule has 3 aromatic rings. The topological polar surface area (TPSA) is 7.12 Å². The summed E-state index contributed by atoms with van der Waals surface area (Å²) in [5.74, 6) is 0. The van der Waals surface area contributed by atoms with Crippen LogP contribution in [0.15, 0.2) is 60.8 Å². The quantitative estimate of drug-likeness (QED) is 0.370. The molecule has 172 valence electrons. The van der Waals surface area contributed by atoms with Crippen LogP contribution in [-0.4, -0.2) is 6.04 Å². The predicted octanol–water partition coefficient (Wildman–Crippen LogP) is 7.34. The van der Waals surface area contributed by atoms with Crippen LogP contribution >= 0.6 is 0 Å². The molecule has 0 saturated heterocycles. The number of fused-ring (bicyclic) bond motifs is 2. The molecule has 0 amide bonds. The molecular formula is C28H30F3N2+. The summed E-state index contributed by atoms with van der Waals surface area (Å²) in [6.45, 7) is 6.07. The molecule has 33 heavy (non-hydrogen) atoms. The number of hydrogen-bond donors (Lipinski definition) is 0. The Bertz CT molecular complexity index is 1190. The lowest BCUT2D eigenvalue weighted by molar-refractivity contribution is -0.603. The zero-order valence-corrected chi connectivity index (χ0v) is 19.4. The van der Waals surface area contributed by atoms with Crippen molar-refractivity contribution in [2.45, 2.75) is 70.5 Å². The summed E-state index contributed by atoms with van der Waals surface area (Å²) in [6.07, 6.45) is 3.14. The number of nitrogens with zero attached hydrogens (tertiary/aromatic N) is 2. The zero-order chi connectivity index (χ0) is 23.4. The Morgan fingerprint density at radius 1 is 0.909 bits per heavy atom. The lowest BCUT2D eigenvalue weighted by Crippen LogP contribution is -2.43. The average molecular weight is 452 g/mol. The minimum absolute atomic E-state index is 0.00844. The third kappa shape index (κ3) is 3.44. The van der Waals surface area contributed by atoms with Gasteiger partial charge in [0.05, 0.1) is 11.3 Å². The molecular weight excluding hydrogens is 421 g/mol. The minimum Gasteiger partial charge on any atom is -0.337 e. The molecule has 2 aromatic carbocycles. The Kier molecular flexibility index (Phi) is 5.26. The highest BCUT2D eigenvalue weighted by atomic mass is 19.4. The first kappa shape index (κ1) is 22.0. The van der Waals surface area contributed by atoms with E-state index in [1.54, 1.807) is 0 Å². The Hall–Kier alpha value is -2.82. The molecule has 1 atom stereocenters. The SMILES string of the molecule is Cc1c(N2c3ccccc3C3(CCCCC3)[C@H]2C)cc(C(F)(F)F)cc1-[n+]1ccccc1C. The van der Waals surface area contributed by atoms with Gasteiger partial charge in [0, 0.05) is 47.8 Å². The maximum atomic E-state index is 14.1. The van der Waals surface area contributed by atoms with Gasteiger partial charge >= 0.3 is 6.18 Å². The number of alkyl halides is 3. The van der Waals surface area contributed by atoms with Crippen LogP contribution in [0.3, 0.4) is 0 Å². The molecule has 0 unspecified atom stereocenters. The summed E-state index contributed by atoms with van der Waals surface area (Å²) in [5.41, 5.74) is 4.70. The van der Waals surface area contributed by atoms with Crippen LogP contribution in [0.5, 0.6) is 0 Å². The number of rotatable bonds is 2. The molecule has 1 aliphatic carbocycles. The predicted molar refractivity (Wildman–Crippen MR) is 125 cm³/mol. The number of benzene rings is 2. The van der Waals surface area contributed by atoms with Gasteiger partial charge in [0.25, 0.3) is 0 Å². The number of aromatic nitrogens is 1. The Morgan fingerprint density at radius 3 is 2.30 bits per heavy atom. The van der Waals surface area contributed by atoms with E-state index in [2.05, 4.69) is 30.0 Å². The lowest BCUT2D eigenvalue weighted by atomic mass is 9.67. The number of halogens is 3. The standard InChI is InChI=1S/C28H30F3N2/c1-19-11-7-10-16-32(19)25-17-22(28(29,30)31)18-26(20(25)2)33-21(3)27(14-8-4-9-15-27)23-12-5-6-13-24(23)33/h5-7,10-13,16-18,21H,4,8-9,14-15H2,1-3H3/q+1/t21-/m1/s1. The molecule has 5 rings (SSSR count). The van der Waals surface area contributed by atoms with Crippen molar-refractivity contribution in [1.82, 2.24) is 0 Å². The molecule has 1 saturated carbocycles. The largest absolute Gasteiger partial charge is 0.416 e. The van der Waals surface area contributed by atoms with Gasteiger partial charge in [-0.25, -0.2) is 0 Å². The Morgan fingerprint density at radius 2 is 1.61 bits per heavy atom. The van der Waals surface area contributed by atoms with E-state index in [4.69, 9.17) is 0 Å². The molecule has 0 N–H and O–H groups in total. The van der Waals surface area contributed by atoms with E-state index in [-0.39, 0.29) is 11.5 Å². The molecule has 1 aliphatic heterocycles. The summed E-state index contributed by atoms with van der Waals surface area (Å²) < 4.78 is 44.1. The molecule has 1 fully saturated rings. The molecule has 2 heterocycles. The fourth-order valence-corrected chi connectivity index (χ4v) is 6.14. The van der Waals surface area contributed by atoms with Crippen molar-refractivity contribution in [3.8, 4) is 5.69 Å². The van der Waals surface area contributed by atoms with E-state index in [1.807, 2.05) is 48.9 Å². The van der Waals surface area contributed by atoms with E-state index < -0.39 is 11.7 Å². The first-order chi connectivity index (χ1) is 15.7. The van der Waals surface area contributed by atoms with Crippen LogP contribution in [0, 0.1) is 13.8 Å². The molecule has 0 bridgehead atoms. The number of pyridine rings is 1. The van der Waals surface area contributed by atoms with E-state index in [1.165, 1.54) is 37.0 Å². The fraction of sp³-hybridized carbons (Fsp3) is 0.393. The summed E-state index contributed by atoms with van der Waals surface area (Å²) in [6, 6.07) is 16.8. The van der Waals surface area contributed by atoms with Crippen LogP contribution < -0.4 is 9.47 Å². The van der Waals surface area contributed by atoms with Crippen LogP contribution in [0.25, 0.3) is 5.69 Å². The number of para-hydroxylation sites is 1. The highest BCUT2D eigenvalue weighted by molar-refractivity contribution is 5.78. The van der Waals surface area contributed by atoms with Gasteiger partial charge in [0.15, 0.2) is 11.9 Å². The second-order valence-electron chi connectivity index (χ2n) is 9.63. The maximum Gasteiger partial charge on any atom is 0.416 e.